The number of hydrogen-bond donors (Lipinski definition) is 2. The van der Waals surface area contributed by atoms with Crippen LogP contribution in [0.2, 0.25) is 0 Å². The van der Waals surface area contributed by atoms with Crippen LogP contribution in [0.3, 0.4) is 0 Å². The summed E-state index contributed by atoms with van der Waals surface area (Å²) in [5.41, 5.74) is 1.97. The SMILES string of the molecule is CCCCc1ccc(NC(=O)OCCO)cc1. The van der Waals surface area contributed by atoms with Crippen molar-refractivity contribution in [3.8, 4) is 0 Å². The van der Waals surface area contributed by atoms with E-state index < -0.39 is 6.09 Å². The number of rotatable bonds is 6. The molecule has 0 saturated carbocycles. The smallest absolute Gasteiger partial charge is 0.411 e. The predicted octanol–water partition coefficient (Wildman–Crippen LogP) is 2.57. The van der Waals surface area contributed by atoms with Gasteiger partial charge in [-0.05, 0) is 30.5 Å². The van der Waals surface area contributed by atoms with Crippen molar-refractivity contribution < 1.29 is 14.6 Å². The summed E-state index contributed by atoms with van der Waals surface area (Å²) in [4.78, 5) is 11.2. The molecule has 1 aromatic carbocycles. The minimum absolute atomic E-state index is 0.0143. The minimum atomic E-state index is -0.541. The van der Waals surface area contributed by atoms with Crippen molar-refractivity contribution in [2.75, 3.05) is 18.5 Å². The molecular weight excluding hydrogens is 218 g/mol. The van der Waals surface area contributed by atoms with E-state index >= 15 is 0 Å². The van der Waals surface area contributed by atoms with Gasteiger partial charge in [0.1, 0.15) is 6.61 Å². The first-order valence-corrected chi connectivity index (χ1v) is 5.90. The lowest BCUT2D eigenvalue weighted by molar-refractivity contribution is 0.131. The number of aliphatic hydroxyl groups excluding tert-OH is 1. The molecule has 4 heteroatoms. The Bertz CT molecular complexity index is 335. The summed E-state index contributed by atoms with van der Waals surface area (Å²) >= 11 is 0. The lowest BCUT2D eigenvalue weighted by atomic mass is 10.1. The number of unbranched alkanes of at least 4 members (excludes halogenated alkanes) is 1. The summed E-state index contributed by atoms with van der Waals surface area (Å²) in [6.07, 6.45) is 2.87. The molecule has 0 spiro atoms. The Morgan fingerprint density at radius 2 is 2.06 bits per heavy atom. The van der Waals surface area contributed by atoms with E-state index in [4.69, 9.17) is 9.84 Å². The van der Waals surface area contributed by atoms with E-state index in [2.05, 4.69) is 12.2 Å². The van der Waals surface area contributed by atoms with Crippen molar-refractivity contribution >= 4 is 11.8 Å². The third kappa shape index (κ3) is 5.36. The summed E-state index contributed by atoms with van der Waals surface area (Å²) in [5.74, 6) is 0. The van der Waals surface area contributed by atoms with E-state index in [1.165, 1.54) is 18.4 Å². The van der Waals surface area contributed by atoms with Crippen molar-refractivity contribution in [3.63, 3.8) is 0 Å². The highest BCUT2D eigenvalue weighted by Gasteiger charge is 2.02. The molecule has 0 radical (unpaired) electrons. The highest BCUT2D eigenvalue weighted by molar-refractivity contribution is 5.84. The van der Waals surface area contributed by atoms with Crippen molar-refractivity contribution in [2.24, 2.45) is 0 Å². The van der Waals surface area contributed by atoms with E-state index in [1.807, 2.05) is 24.3 Å². The summed E-state index contributed by atoms with van der Waals surface area (Å²) in [7, 11) is 0. The lowest BCUT2D eigenvalue weighted by Gasteiger charge is -2.06. The van der Waals surface area contributed by atoms with Crippen molar-refractivity contribution in [1.82, 2.24) is 0 Å². The Morgan fingerprint density at radius 1 is 1.35 bits per heavy atom. The maximum Gasteiger partial charge on any atom is 0.411 e. The topological polar surface area (TPSA) is 58.6 Å². The summed E-state index contributed by atoms with van der Waals surface area (Å²) < 4.78 is 4.69. The van der Waals surface area contributed by atoms with E-state index in [0.29, 0.717) is 5.69 Å². The molecule has 0 saturated heterocycles. The molecule has 0 aliphatic rings. The van der Waals surface area contributed by atoms with Crippen LogP contribution in [0.25, 0.3) is 0 Å². The van der Waals surface area contributed by atoms with Crippen LogP contribution in [-0.2, 0) is 11.2 Å². The fourth-order valence-corrected chi connectivity index (χ4v) is 1.43. The number of aliphatic hydroxyl groups is 1. The maximum atomic E-state index is 11.2. The predicted molar refractivity (Wildman–Crippen MR) is 67.1 cm³/mol. The van der Waals surface area contributed by atoms with Crippen LogP contribution in [0.4, 0.5) is 10.5 Å². The van der Waals surface area contributed by atoms with E-state index in [-0.39, 0.29) is 13.2 Å². The molecule has 4 nitrogen and oxygen atoms in total. The van der Waals surface area contributed by atoms with Crippen LogP contribution in [0.15, 0.2) is 24.3 Å². The standard InChI is InChI=1S/C13H19NO3/c1-2-3-4-11-5-7-12(8-6-11)14-13(16)17-10-9-15/h5-8,15H,2-4,9-10H2,1H3,(H,14,16). The van der Waals surface area contributed by atoms with Crippen molar-refractivity contribution in [2.45, 2.75) is 26.2 Å². The van der Waals surface area contributed by atoms with Gasteiger partial charge in [-0.15, -0.1) is 0 Å². The molecule has 0 bridgehead atoms. The van der Waals surface area contributed by atoms with Crippen molar-refractivity contribution in [3.05, 3.63) is 29.8 Å². The van der Waals surface area contributed by atoms with Gasteiger partial charge in [0, 0.05) is 5.69 Å². The zero-order valence-electron chi connectivity index (χ0n) is 10.1. The van der Waals surface area contributed by atoms with E-state index in [9.17, 15) is 4.79 Å². The molecular formula is C13H19NO3. The average molecular weight is 237 g/mol. The Hall–Kier alpha value is -1.55. The number of benzene rings is 1. The van der Waals surface area contributed by atoms with Crippen LogP contribution < -0.4 is 5.32 Å². The van der Waals surface area contributed by atoms with Gasteiger partial charge in [0.2, 0.25) is 0 Å². The number of ether oxygens (including phenoxy) is 1. The van der Waals surface area contributed by atoms with Gasteiger partial charge < -0.3 is 9.84 Å². The molecule has 1 aromatic rings. The molecule has 0 unspecified atom stereocenters. The molecule has 1 amide bonds. The zero-order chi connectivity index (χ0) is 12.5. The van der Waals surface area contributed by atoms with E-state index in [1.54, 1.807) is 0 Å². The van der Waals surface area contributed by atoms with Gasteiger partial charge in [0.15, 0.2) is 0 Å². The van der Waals surface area contributed by atoms with Crippen LogP contribution in [0.5, 0.6) is 0 Å². The van der Waals surface area contributed by atoms with Gasteiger partial charge in [-0.1, -0.05) is 25.5 Å². The quantitative estimate of drug-likeness (QED) is 0.799. The monoisotopic (exact) mass is 237 g/mol. The zero-order valence-corrected chi connectivity index (χ0v) is 10.1. The first kappa shape index (κ1) is 13.5. The van der Waals surface area contributed by atoms with E-state index in [0.717, 1.165) is 6.42 Å². The maximum absolute atomic E-state index is 11.2. The number of nitrogens with one attached hydrogen (secondary N) is 1. The number of anilines is 1. The van der Waals surface area contributed by atoms with Crippen LogP contribution in [0, 0.1) is 0 Å². The third-order valence-corrected chi connectivity index (χ3v) is 2.34. The molecule has 17 heavy (non-hydrogen) atoms. The molecule has 1 rings (SSSR count). The number of aryl methyl sites for hydroxylation is 1. The minimum Gasteiger partial charge on any atom is -0.447 e. The number of carbonyl (C=O) groups excluding carboxylic acids is 1. The third-order valence-electron chi connectivity index (χ3n) is 2.34. The molecule has 0 heterocycles. The Morgan fingerprint density at radius 3 is 2.65 bits per heavy atom. The molecule has 0 aliphatic heterocycles. The largest absolute Gasteiger partial charge is 0.447 e. The number of amides is 1. The highest BCUT2D eigenvalue weighted by Crippen LogP contribution is 2.11. The summed E-state index contributed by atoms with van der Waals surface area (Å²) in [6.45, 7) is 2.01. The molecule has 0 atom stereocenters. The first-order chi connectivity index (χ1) is 8.26. The Labute approximate surface area is 102 Å². The Kier molecular flexibility index (Phi) is 6.10. The molecule has 0 aliphatic carbocycles. The molecule has 2 N–H and O–H groups in total. The normalized spacial score (nSPS) is 10.0. The van der Waals surface area contributed by atoms with Crippen LogP contribution >= 0.6 is 0 Å². The lowest BCUT2D eigenvalue weighted by Crippen LogP contribution is -2.15. The second-order valence-corrected chi connectivity index (χ2v) is 3.79. The average Bonchev–Trinajstić information content (AvgIpc) is 2.35. The van der Waals surface area contributed by atoms with Gasteiger partial charge in [-0.25, -0.2) is 4.79 Å². The van der Waals surface area contributed by atoms with Crippen LogP contribution in [0.1, 0.15) is 25.3 Å². The van der Waals surface area contributed by atoms with Crippen LogP contribution in [-0.4, -0.2) is 24.4 Å². The van der Waals surface area contributed by atoms with Gasteiger partial charge in [0.25, 0.3) is 0 Å². The first-order valence-electron chi connectivity index (χ1n) is 5.90. The van der Waals surface area contributed by atoms with Crippen molar-refractivity contribution in [1.29, 1.82) is 0 Å². The van der Waals surface area contributed by atoms with Gasteiger partial charge >= 0.3 is 6.09 Å². The molecule has 0 fully saturated rings. The molecule has 0 aromatic heterocycles. The second-order valence-electron chi connectivity index (χ2n) is 3.79. The van der Waals surface area contributed by atoms with Gasteiger partial charge in [-0.3, -0.25) is 5.32 Å². The Balaban J connectivity index is 2.42. The van der Waals surface area contributed by atoms with Gasteiger partial charge in [0.05, 0.1) is 6.61 Å². The summed E-state index contributed by atoms with van der Waals surface area (Å²) in [5, 5.41) is 11.1. The summed E-state index contributed by atoms with van der Waals surface area (Å²) in [6, 6.07) is 7.70. The number of carbonyl (C=O) groups is 1. The van der Waals surface area contributed by atoms with Gasteiger partial charge in [-0.2, -0.15) is 0 Å². The second kappa shape index (κ2) is 7.68. The number of hydrogen-bond acceptors (Lipinski definition) is 3. The fourth-order valence-electron chi connectivity index (χ4n) is 1.43. The fraction of sp³-hybridized carbons (Fsp3) is 0.462. The molecule has 94 valence electrons. The highest BCUT2D eigenvalue weighted by atomic mass is 16.6.